The first-order valence-electron chi connectivity index (χ1n) is 7.16. The summed E-state index contributed by atoms with van der Waals surface area (Å²) in [6.07, 6.45) is 7.28. The highest BCUT2D eigenvalue weighted by Crippen LogP contribution is 2.23. The predicted molar refractivity (Wildman–Crippen MR) is 86.6 cm³/mol. The molecule has 1 aliphatic rings. The van der Waals surface area contributed by atoms with Crippen LogP contribution in [0, 0.1) is 0 Å². The van der Waals surface area contributed by atoms with Gasteiger partial charge in [-0.1, -0.05) is 42.1 Å². The van der Waals surface area contributed by atoms with Crippen LogP contribution in [0.3, 0.4) is 0 Å². The Morgan fingerprint density at radius 3 is 2.81 bits per heavy atom. The predicted octanol–water partition coefficient (Wildman–Crippen LogP) is 3.77. The molecule has 1 heterocycles. The molecule has 1 saturated heterocycles. The highest BCUT2D eigenvalue weighted by atomic mass is 35.5. The Labute approximate surface area is 135 Å². The van der Waals surface area contributed by atoms with Crippen LogP contribution < -0.4 is 0 Å². The Morgan fingerprint density at radius 2 is 2.10 bits per heavy atom. The van der Waals surface area contributed by atoms with Gasteiger partial charge in [-0.15, -0.1) is 0 Å². The molecular weight excluding hydrogens is 309 g/mol. The number of rotatable bonds is 3. The first kappa shape index (κ1) is 16.3. The zero-order valence-corrected chi connectivity index (χ0v) is 13.3. The van der Waals surface area contributed by atoms with Gasteiger partial charge in [0.1, 0.15) is 0 Å². The molecule has 1 amide bonds. The van der Waals surface area contributed by atoms with E-state index in [-0.39, 0.29) is 18.6 Å². The second-order valence-electron chi connectivity index (χ2n) is 5.22. The SMILES string of the molecule is O=C(/C=C/c1ccc(Cl)c(Cl)c1)N1CCCCCC1CO. The number of nitrogens with zero attached hydrogens (tertiary/aromatic N) is 1. The standard InChI is InChI=1S/C16H19Cl2NO2/c17-14-7-5-12(10-15(14)18)6-8-16(21)19-9-3-1-2-4-13(19)11-20/h5-8,10,13,20H,1-4,9,11H2/b8-6+. The largest absolute Gasteiger partial charge is 0.394 e. The van der Waals surface area contributed by atoms with E-state index >= 15 is 0 Å². The topological polar surface area (TPSA) is 40.5 Å². The van der Waals surface area contributed by atoms with Gasteiger partial charge in [-0.25, -0.2) is 0 Å². The van der Waals surface area contributed by atoms with Gasteiger partial charge >= 0.3 is 0 Å². The lowest BCUT2D eigenvalue weighted by Gasteiger charge is -2.27. The summed E-state index contributed by atoms with van der Waals surface area (Å²) in [4.78, 5) is 14.1. The minimum absolute atomic E-state index is 0.0202. The Morgan fingerprint density at radius 1 is 1.29 bits per heavy atom. The molecule has 0 spiro atoms. The van der Waals surface area contributed by atoms with Crippen LogP contribution in [0.1, 0.15) is 31.2 Å². The molecule has 114 valence electrons. The van der Waals surface area contributed by atoms with Crippen LogP contribution >= 0.6 is 23.2 Å². The van der Waals surface area contributed by atoms with Gasteiger partial charge in [-0.3, -0.25) is 4.79 Å². The van der Waals surface area contributed by atoms with Crippen LogP contribution in [0.5, 0.6) is 0 Å². The van der Waals surface area contributed by atoms with Crippen molar-refractivity contribution >= 4 is 35.2 Å². The van der Waals surface area contributed by atoms with Gasteiger partial charge in [0.15, 0.2) is 0 Å². The molecule has 1 fully saturated rings. The van der Waals surface area contributed by atoms with E-state index in [0.29, 0.717) is 16.6 Å². The van der Waals surface area contributed by atoms with Gasteiger partial charge in [0.2, 0.25) is 5.91 Å². The summed E-state index contributed by atoms with van der Waals surface area (Å²) in [5, 5.41) is 10.4. The number of halogens is 2. The number of aliphatic hydroxyl groups excluding tert-OH is 1. The minimum Gasteiger partial charge on any atom is -0.394 e. The lowest BCUT2D eigenvalue weighted by Crippen LogP contribution is -2.41. The molecule has 0 bridgehead atoms. The molecule has 0 saturated carbocycles. The van der Waals surface area contributed by atoms with Crippen molar-refractivity contribution in [2.75, 3.05) is 13.2 Å². The maximum Gasteiger partial charge on any atom is 0.246 e. The maximum absolute atomic E-state index is 12.3. The minimum atomic E-state index is -0.0709. The summed E-state index contributed by atoms with van der Waals surface area (Å²) in [5.74, 6) is -0.0676. The summed E-state index contributed by atoms with van der Waals surface area (Å²) in [6, 6.07) is 5.17. The van der Waals surface area contributed by atoms with Crippen molar-refractivity contribution < 1.29 is 9.90 Å². The first-order valence-corrected chi connectivity index (χ1v) is 7.92. The summed E-state index contributed by atoms with van der Waals surface area (Å²) < 4.78 is 0. The second-order valence-corrected chi connectivity index (χ2v) is 6.04. The highest BCUT2D eigenvalue weighted by molar-refractivity contribution is 6.42. The molecule has 1 N–H and O–H groups in total. The number of hydrogen-bond donors (Lipinski definition) is 1. The van der Waals surface area contributed by atoms with E-state index in [1.165, 1.54) is 6.08 Å². The molecule has 0 aromatic heterocycles. The smallest absolute Gasteiger partial charge is 0.246 e. The van der Waals surface area contributed by atoms with Crippen LogP contribution in [0.2, 0.25) is 10.0 Å². The monoisotopic (exact) mass is 327 g/mol. The first-order chi connectivity index (χ1) is 10.1. The maximum atomic E-state index is 12.3. The fraction of sp³-hybridized carbons (Fsp3) is 0.438. The molecule has 0 radical (unpaired) electrons. The fourth-order valence-corrected chi connectivity index (χ4v) is 2.84. The molecule has 0 aliphatic carbocycles. The van der Waals surface area contributed by atoms with Gasteiger partial charge in [0.25, 0.3) is 0 Å². The van der Waals surface area contributed by atoms with Crippen LogP contribution in [-0.4, -0.2) is 35.1 Å². The van der Waals surface area contributed by atoms with Gasteiger partial charge < -0.3 is 10.0 Å². The Bertz CT molecular complexity index is 531. The summed E-state index contributed by atoms with van der Waals surface area (Å²) in [7, 11) is 0. The van der Waals surface area contributed by atoms with Gasteiger partial charge in [0, 0.05) is 12.6 Å². The Kier molecular flexibility index (Phi) is 6.09. The number of carbonyl (C=O) groups excluding carboxylic acids is 1. The third-order valence-corrected chi connectivity index (χ3v) is 4.47. The zero-order valence-electron chi connectivity index (χ0n) is 11.8. The van der Waals surface area contributed by atoms with E-state index in [9.17, 15) is 9.90 Å². The summed E-state index contributed by atoms with van der Waals surface area (Å²) >= 11 is 11.8. The van der Waals surface area contributed by atoms with Gasteiger partial charge in [-0.2, -0.15) is 0 Å². The molecule has 21 heavy (non-hydrogen) atoms. The number of aliphatic hydroxyl groups is 1. The van der Waals surface area contributed by atoms with E-state index in [1.807, 2.05) is 6.07 Å². The van der Waals surface area contributed by atoms with Crippen molar-refractivity contribution in [1.82, 2.24) is 4.90 Å². The molecule has 1 aliphatic heterocycles. The van der Waals surface area contributed by atoms with Gasteiger partial charge in [-0.05, 0) is 36.6 Å². The molecule has 3 nitrogen and oxygen atoms in total. The third kappa shape index (κ3) is 4.47. The number of hydrogen-bond acceptors (Lipinski definition) is 2. The van der Waals surface area contributed by atoms with Crippen molar-refractivity contribution in [3.8, 4) is 0 Å². The lowest BCUT2D eigenvalue weighted by atomic mass is 10.1. The van der Waals surface area contributed by atoms with E-state index in [4.69, 9.17) is 23.2 Å². The molecule has 5 heteroatoms. The van der Waals surface area contributed by atoms with E-state index in [1.54, 1.807) is 23.1 Å². The van der Waals surface area contributed by atoms with Crippen molar-refractivity contribution in [1.29, 1.82) is 0 Å². The van der Waals surface area contributed by atoms with Crippen molar-refractivity contribution in [3.05, 3.63) is 39.9 Å². The molecule has 1 atom stereocenters. The van der Waals surface area contributed by atoms with E-state index < -0.39 is 0 Å². The molecular formula is C16H19Cl2NO2. The molecule has 1 aromatic carbocycles. The quantitative estimate of drug-likeness (QED) is 0.858. The van der Waals surface area contributed by atoms with Crippen molar-refractivity contribution in [3.63, 3.8) is 0 Å². The van der Waals surface area contributed by atoms with Gasteiger partial charge in [0.05, 0.1) is 22.7 Å². The number of likely N-dealkylation sites (tertiary alicyclic amines) is 1. The molecule has 2 rings (SSSR count). The van der Waals surface area contributed by atoms with Crippen molar-refractivity contribution in [2.45, 2.75) is 31.7 Å². The fourth-order valence-electron chi connectivity index (χ4n) is 2.54. The zero-order chi connectivity index (χ0) is 15.2. The summed E-state index contributed by atoms with van der Waals surface area (Å²) in [5.41, 5.74) is 0.827. The number of carbonyl (C=O) groups is 1. The Balaban J connectivity index is 2.07. The number of amides is 1. The third-order valence-electron chi connectivity index (χ3n) is 3.73. The van der Waals surface area contributed by atoms with Crippen molar-refractivity contribution in [2.24, 2.45) is 0 Å². The lowest BCUT2D eigenvalue weighted by molar-refractivity contribution is -0.129. The highest BCUT2D eigenvalue weighted by Gasteiger charge is 2.23. The summed E-state index contributed by atoms with van der Waals surface area (Å²) in [6.45, 7) is 0.724. The average Bonchev–Trinajstić information content (AvgIpc) is 2.73. The van der Waals surface area contributed by atoms with Crippen LogP contribution in [0.25, 0.3) is 6.08 Å². The van der Waals surface area contributed by atoms with Crippen LogP contribution in [0.15, 0.2) is 24.3 Å². The van der Waals surface area contributed by atoms with Crippen LogP contribution in [-0.2, 0) is 4.79 Å². The Hall–Kier alpha value is -1.03. The molecule has 1 unspecified atom stereocenters. The molecule has 1 aromatic rings. The van der Waals surface area contributed by atoms with E-state index in [0.717, 1.165) is 31.2 Å². The second kappa shape index (κ2) is 7.83. The normalized spacial score (nSPS) is 19.8. The van der Waals surface area contributed by atoms with E-state index in [2.05, 4.69) is 0 Å². The number of benzene rings is 1. The average molecular weight is 328 g/mol. The van der Waals surface area contributed by atoms with Crippen LogP contribution in [0.4, 0.5) is 0 Å².